The molecular formula is C5H9FN2O2. The lowest BCUT2D eigenvalue weighted by molar-refractivity contribution is -0.131. The van der Waals surface area contributed by atoms with Crippen molar-refractivity contribution < 1.29 is 14.0 Å². The fraction of sp³-hybridized carbons (Fsp3) is 0.600. The maximum Gasteiger partial charge on any atom is 0.230 e. The number of carbonyl (C=O) groups is 2. The maximum atomic E-state index is 11.5. The quantitative estimate of drug-likeness (QED) is 0.497. The van der Waals surface area contributed by atoms with E-state index in [1.54, 1.807) is 0 Å². The number of hydrogen-bond acceptors (Lipinski definition) is 2. The van der Waals surface area contributed by atoms with Gasteiger partial charge in [0.1, 0.15) is 5.92 Å². The fourth-order valence-electron chi connectivity index (χ4n) is 0.534. The lowest BCUT2D eigenvalue weighted by Crippen LogP contribution is -2.35. The molecule has 0 aliphatic carbocycles. The Morgan fingerprint density at radius 1 is 1.30 bits per heavy atom. The predicted octanol–water partition coefficient (Wildman–Crippen LogP) is -1.07. The molecule has 0 aliphatic rings. The van der Waals surface area contributed by atoms with E-state index >= 15 is 0 Å². The SMILES string of the molecule is NC(=O)C(CCF)C(N)=O. The molecule has 0 atom stereocenters. The second-order valence-electron chi connectivity index (χ2n) is 1.83. The molecule has 0 bridgehead atoms. The van der Waals surface area contributed by atoms with Gasteiger partial charge in [-0.25, -0.2) is 0 Å². The van der Waals surface area contributed by atoms with E-state index in [4.69, 9.17) is 11.5 Å². The predicted molar refractivity (Wildman–Crippen MR) is 32.5 cm³/mol. The molecule has 2 amide bonds. The van der Waals surface area contributed by atoms with E-state index in [0.717, 1.165) is 0 Å². The Hall–Kier alpha value is -1.13. The highest BCUT2D eigenvalue weighted by Gasteiger charge is 2.20. The molecule has 58 valence electrons. The van der Waals surface area contributed by atoms with Crippen LogP contribution in [0.25, 0.3) is 0 Å². The van der Waals surface area contributed by atoms with E-state index in [1.165, 1.54) is 0 Å². The van der Waals surface area contributed by atoms with E-state index in [0.29, 0.717) is 0 Å². The van der Waals surface area contributed by atoms with Crippen molar-refractivity contribution in [2.45, 2.75) is 6.42 Å². The van der Waals surface area contributed by atoms with Gasteiger partial charge in [-0.15, -0.1) is 0 Å². The van der Waals surface area contributed by atoms with Crippen molar-refractivity contribution in [2.24, 2.45) is 17.4 Å². The maximum absolute atomic E-state index is 11.5. The zero-order valence-electron chi connectivity index (χ0n) is 5.34. The molecule has 0 heterocycles. The van der Waals surface area contributed by atoms with Crippen LogP contribution >= 0.6 is 0 Å². The van der Waals surface area contributed by atoms with E-state index in [2.05, 4.69) is 0 Å². The average Bonchev–Trinajstić information content (AvgIpc) is 1.81. The summed E-state index contributed by atoms with van der Waals surface area (Å²) >= 11 is 0. The second kappa shape index (κ2) is 3.81. The van der Waals surface area contributed by atoms with Gasteiger partial charge in [0.05, 0.1) is 6.67 Å². The van der Waals surface area contributed by atoms with Crippen molar-refractivity contribution in [3.8, 4) is 0 Å². The standard InChI is InChI=1S/C5H9FN2O2/c6-2-1-3(4(7)9)5(8)10/h3H,1-2H2,(H2,7,9)(H2,8,10). The molecule has 0 aliphatic heterocycles. The third-order valence-electron chi connectivity index (χ3n) is 1.08. The number of amides is 2. The molecule has 0 spiro atoms. The first kappa shape index (κ1) is 8.87. The Kier molecular flexibility index (Phi) is 3.38. The average molecular weight is 148 g/mol. The third kappa shape index (κ3) is 2.43. The Bertz CT molecular complexity index is 135. The summed E-state index contributed by atoms with van der Waals surface area (Å²) in [6, 6.07) is 0. The van der Waals surface area contributed by atoms with Gasteiger partial charge in [0, 0.05) is 0 Å². The van der Waals surface area contributed by atoms with Crippen LogP contribution in [0.5, 0.6) is 0 Å². The Morgan fingerprint density at radius 2 is 1.70 bits per heavy atom. The van der Waals surface area contributed by atoms with Crippen LogP contribution in [-0.2, 0) is 9.59 Å². The van der Waals surface area contributed by atoms with Gasteiger partial charge in [0.25, 0.3) is 0 Å². The molecule has 0 aromatic heterocycles. The largest absolute Gasteiger partial charge is 0.369 e. The highest BCUT2D eigenvalue weighted by molar-refractivity contribution is 5.98. The summed E-state index contributed by atoms with van der Waals surface area (Å²) in [5, 5.41) is 0. The van der Waals surface area contributed by atoms with Crippen molar-refractivity contribution in [3.05, 3.63) is 0 Å². The van der Waals surface area contributed by atoms with Gasteiger partial charge in [0.15, 0.2) is 0 Å². The topological polar surface area (TPSA) is 86.2 Å². The van der Waals surface area contributed by atoms with Gasteiger partial charge >= 0.3 is 0 Å². The summed E-state index contributed by atoms with van der Waals surface area (Å²) in [6.07, 6.45) is -0.218. The summed E-state index contributed by atoms with van der Waals surface area (Å²) < 4.78 is 11.5. The summed E-state index contributed by atoms with van der Waals surface area (Å²) in [5.41, 5.74) is 9.43. The minimum atomic E-state index is -1.16. The van der Waals surface area contributed by atoms with E-state index in [9.17, 15) is 14.0 Å². The van der Waals surface area contributed by atoms with Crippen molar-refractivity contribution in [1.29, 1.82) is 0 Å². The molecule has 0 aromatic carbocycles. The minimum absolute atomic E-state index is 0.218. The summed E-state index contributed by atoms with van der Waals surface area (Å²) in [6.45, 7) is -0.767. The van der Waals surface area contributed by atoms with Gasteiger partial charge < -0.3 is 11.5 Å². The van der Waals surface area contributed by atoms with E-state index < -0.39 is 24.4 Å². The molecular weight excluding hydrogens is 139 g/mol. The van der Waals surface area contributed by atoms with Crippen LogP contribution in [0.15, 0.2) is 0 Å². The fourth-order valence-corrected chi connectivity index (χ4v) is 0.534. The Labute approximate surface area is 57.4 Å². The van der Waals surface area contributed by atoms with E-state index in [-0.39, 0.29) is 6.42 Å². The number of halogens is 1. The lowest BCUT2D eigenvalue weighted by atomic mass is 10.1. The minimum Gasteiger partial charge on any atom is -0.369 e. The molecule has 0 fully saturated rings. The van der Waals surface area contributed by atoms with Crippen LogP contribution in [0.3, 0.4) is 0 Å². The number of nitrogens with two attached hydrogens (primary N) is 2. The first-order chi connectivity index (χ1) is 4.59. The molecule has 5 heteroatoms. The van der Waals surface area contributed by atoms with Crippen LogP contribution in [0, 0.1) is 5.92 Å². The summed E-state index contributed by atoms with van der Waals surface area (Å²) in [5.74, 6) is -2.90. The molecule has 4 N–H and O–H groups in total. The van der Waals surface area contributed by atoms with Gasteiger partial charge in [0.2, 0.25) is 11.8 Å². The number of primary amides is 2. The first-order valence-electron chi connectivity index (χ1n) is 2.74. The van der Waals surface area contributed by atoms with E-state index in [1.807, 2.05) is 0 Å². The second-order valence-corrected chi connectivity index (χ2v) is 1.83. The number of alkyl halides is 1. The van der Waals surface area contributed by atoms with Gasteiger partial charge in [-0.05, 0) is 6.42 Å². The first-order valence-corrected chi connectivity index (χ1v) is 2.74. The zero-order chi connectivity index (χ0) is 8.15. The molecule has 4 nitrogen and oxygen atoms in total. The number of hydrogen-bond donors (Lipinski definition) is 2. The Morgan fingerprint density at radius 3 is 1.80 bits per heavy atom. The van der Waals surface area contributed by atoms with Crippen molar-refractivity contribution in [2.75, 3.05) is 6.67 Å². The Balaban J connectivity index is 3.98. The normalized spacial score (nSPS) is 9.80. The van der Waals surface area contributed by atoms with Crippen LogP contribution in [-0.4, -0.2) is 18.5 Å². The summed E-state index contributed by atoms with van der Waals surface area (Å²) in [4.78, 5) is 20.6. The summed E-state index contributed by atoms with van der Waals surface area (Å²) in [7, 11) is 0. The van der Waals surface area contributed by atoms with Gasteiger partial charge in [-0.2, -0.15) is 0 Å². The van der Waals surface area contributed by atoms with Crippen molar-refractivity contribution >= 4 is 11.8 Å². The zero-order valence-corrected chi connectivity index (χ0v) is 5.34. The lowest BCUT2D eigenvalue weighted by Gasteiger charge is -2.04. The number of rotatable bonds is 4. The van der Waals surface area contributed by atoms with Crippen LogP contribution < -0.4 is 11.5 Å². The monoisotopic (exact) mass is 148 g/mol. The molecule has 0 saturated carbocycles. The van der Waals surface area contributed by atoms with Crippen LogP contribution in [0.4, 0.5) is 4.39 Å². The molecule has 0 saturated heterocycles. The smallest absolute Gasteiger partial charge is 0.230 e. The van der Waals surface area contributed by atoms with Crippen LogP contribution in [0.1, 0.15) is 6.42 Å². The molecule has 0 radical (unpaired) electrons. The van der Waals surface area contributed by atoms with Gasteiger partial charge in [-0.1, -0.05) is 0 Å². The van der Waals surface area contributed by atoms with Gasteiger partial charge in [-0.3, -0.25) is 14.0 Å². The van der Waals surface area contributed by atoms with Crippen molar-refractivity contribution in [1.82, 2.24) is 0 Å². The highest BCUT2D eigenvalue weighted by Crippen LogP contribution is 2.00. The van der Waals surface area contributed by atoms with Crippen LogP contribution in [0.2, 0.25) is 0 Å². The van der Waals surface area contributed by atoms with Crippen molar-refractivity contribution in [3.63, 3.8) is 0 Å². The molecule has 0 aromatic rings. The number of carbonyl (C=O) groups excluding carboxylic acids is 2. The highest BCUT2D eigenvalue weighted by atomic mass is 19.1. The molecule has 10 heavy (non-hydrogen) atoms. The molecule has 0 rings (SSSR count). The molecule has 0 unspecified atom stereocenters. The third-order valence-corrected chi connectivity index (χ3v) is 1.08.